The quantitative estimate of drug-likeness (QED) is 0.590. The maximum atomic E-state index is 11.0. The van der Waals surface area contributed by atoms with Gasteiger partial charge >= 0.3 is 0 Å². The van der Waals surface area contributed by atoms with E-state index in [1.807, 2.05) is 19.0 Å². The minimum absolute atomic E-state index is 0. The van der Waals surface area contributed by atoms with Crippen LogP contribution in [0, 0.1) is 0 Å². The molecule has 4 heteroatoms. The molecule has 0 saturated heterocycles. The average molecular weight is 265 g/mol. The molecule has 1 amide bonds. The van der Waals surface area contributed by atoms with Gasteiger partial charge in [-0.1, -0.05) is 19.8 Å². The number of carbonyl (C=O) groups excluding carboxylic acids is 1. The van der Waals surface area contributed by atoms with E-state index in [1.54, 1.807) is 6.20 Å². The molecule has 14 heavy (non-hydrogen) atoms. The van der Waals surface area contributed by atoms with Gasteiger partial charge in [0.15, 0.2) is 0 Å². The Labute approximate surface area is 97.1 Å². The lowest BCUT2D eigenvalue weighted by molar-refractivity contribution is -0.114. The summed E-state index contributed by atoms with van der Waals surface area (Å²) in [6, 6.07) is 0. The Hall–Kier alpha value is -0.510. The first kappa shape index (κ1) is 15.9. The summed E-state index contributed by atoms with van der Waals surface area (Å²) in [6.07, 6.45) is 5.95. The van der Waals surface area contributed by atoms with Gasteiger partial charge in [0.25, 0.3) is 0 Å². The number of rotatable bonds is 6. The first-order valence-corrected chi connectivity index (χ1v) is 4.74. The van der Waals surface area contributed by atoms with Crippen LogP contribution in [-0.2, 0) is 4.79 Å². The first-order valence-electron chi connectivity index (χ1n) is 4.74. The number of halogens is 1. The topological polar surface area (TPSA) is 46.3 Å². The summed E-state index contributed by atoms with van der Waals surface area (Å²) in [5, 5.41) is 0. The highest BCUT2D eigenvalue weighted by atomic mass is 79.9. The first-order chi connectivity index (χ1) is 6.07. The smallest absolute Gasteiger partial charge is 0.246 e. The van der Waals surface area contributed by atoms with Crippen molar-refractivity contribution in [3.05, 3.63) is 11.8 Å². The molecule has 0 aromatic carbocycles. The van der Waals surface area contributed by atoms with Gasteiger partial charge < -0.3 is 10.6 Å². The fourth-order valence-electron chi connectivity index (χ4n) is 1.13. The van der Waals surface area contributed by atoms with Crippen molar-refractivity contribution in [2.45, 2.75) is 32.6 Å². The highest BCUT2D eigenvalue weighted by Crippen LogP contribution is 2.08. The van der Waals surface area contributed by atoms with Crippen molar-refractivity contribution >= 4 is 22.9 Å². The molecular formula is C10H21BrN2O. The Balaban J connectivity index is 0. The minimum atomic E-state index is -0.301. The van der Waals surface area contributed by atoms with Crippen molar-refractivity contribution in [2.75, 3.05) is 14.1 Å². The van der Waals surface area contributed by atoms with Gasteiger partial charge in [-0.3, -0.25) is 4.79 Å². The van der Waals surface area contributed by atoms with E-state index in [9.17, 15) is 4.79 Å². The largest absolute Gasteiger partial charge is 0.383 e. The molecular weight excluding hydrogens is 244 g/mol. The highest BCUT2D eigenvalue weighted by molar-refractivity contribution is 8.93. The molecule has 84 valence electrons. The third-order valence-electron chi connectivity index (χ3n) is 1.78. The van der Waals surface area contributed by atoms with Crippen molar-refractivity contribution < 1.29 is 4.79 Å². The van der Waals surface area contributed by atoms with Crippen LogP contribution in [0.1, 0.15) is 32.6 Å². The number of carbonyl (C=O) groups is 1. The normalized spacial score (nSPS) is 10.6. The SMILES string of the molecule is Br.CCCCC/C(=C\N(C)C)C(N)=O. The van der Waals surface area contributed by atoms with Gasteiger partial charge in [-0.15, -0.1) is 17.0 Å². The second-order valence-electron chi connectivity index (χ2n) is 3.44. The summed E-state index contributed by atoms with van der Waals surface area (Å²) in [7, 11) is 3.78. The number of unbranched alkanes of at least 4 members (excludes halogenated alkanes) is 2. The Morgan fingerprint density at radius 3 is 2.29 bits per heavy atom. The van der Waals surface area contributed by atoms with E-state index in [0.29, 0.717) is 0 Å². The summed E-state index contributed by atoms with van der Waals surface area (Å²) in [4.78, 5) is 12.8. The molecule has 0 rings (SSSR count). The molecule has 0 radical (unpaired) electrons. The van der Waals surface area contributed by atoms with Gasteiger partial charge in [0.1, 0.15) is 0 Å². The summed E-state index contributed by atoms with van der Waals surface area (Å²) in [5.74, 6) is -0.301. The zero-order chi connectivity index (χ0) is 10.3. The molecule has 0 aliphatic rings. The molecule has 0 bridgehead atoms. The van der Waals surface area contributed by atoms with Gasteiger partial charge in [0.2, 0.25) is 5.91 Å². The summed E-state index contributed by atoms with van der Waals surface area (Å²) in [6.45, 7) is 2.14. The van der Waals surface area contributed by atoms with Crippen LogP contribution >= 0.6 is 17.0 Å². The van der Waals surface area contributed by atoms with Gasteiger partial charge in [-0.2, -0.15) is 0 Å². The summed E-state index contributed by atoms with van der Waals surface area (Å²) >= 11 is 0. The lowest BCUT2D eigenvalue weighted by Gasteiger charge is -2.08. The summed E-state index contributed by atoms with van der Waals surface area (Å²) in [5.41, 5.74) is 5.95. The van der Waals surface area contributed by atoms with E-state index in [4.69, 9.17) is 5.73 Å². The number of nitrogens with two attached hydrogens (primary N) is 1. The third-order valence-corrected chi connectivity index (χ3v) is 1.78. The number of hydrogen-bond donors (Lipinski definition) is 1. The van der Waals surface area contributed by atoms with Crippen LogP contribution in [0.5, 0.6) is 0 Å². The molecule has 0 aromatic heterocycles. The average Bonchev–Trinajstić information content (AvgIpc) is 2.02. The third kappa shape index (κ3) is 8.10. The van der Waals surface area contributed by atoms with E-state index in [0.717, 1.165) is 31.3 Å². The van der Waals surface area contributed by atoms with Crippen LogP contribution in [0.4, 0.5) is 0 Å². The van der Waals surface area contributed by atoms with Crippen molar-refractivity contribution in [3.8, 4) is 0 Å². The molecule has 0 spiro atoms. The molecule has 0 heterocycles. The molecule has 0 aliphatic carbocycles. The predicted molar refractivity (Wildman–Crippen MR) is 65.4 cm³/mol. The standard InChI is InChI=1S/C10H20N2O.BrH/c1-4-5-6-7-9(10(11)13)8-12(2)3;/h8H,4-7H2,1-3H3,(H2,11,13);1H/b9-8+;. The number of nitrogens with zero attached hydrogens (tertiary/aromatic N) is 1. The Morgan fingerprint density at radius 2 is 1.93 bits per heavy atom. The second-order valence-corrected chi connectivity index (χ2v) is 3.44. The molecule has 0 fully saturated rings. The van der Waals surface area contributed by atoms with E-state index >= 15 is 0 Å². The van der Waals surface area contributed by atoms with Gasteiger partial charge in [-0.05, 0) is 12.8 Å². The zero-order valence-electron chi connectivity index (χ0n) is 9.25. The Bertz CT molecular complexity index is 191. The molecule has 0 unspecified atom stereocenters. The van der Waals surface area contributed by atoms with Crippen LogP contribution in [0.15, 0.2) is 11.8 Å². The van der Waals surface area contributed by atoms with Crippen LogP contribution in [-0.4, -0.2) is 24.9 Å². The molecule has 2 N–H and O–H groups in total. The van der Waals surface area contributed by atoms with Crippen LogP contribution in [0.25, 0.3) is 0 Å². The fourth-order valence-corrected chi connectivity index (χ4v) is 1.13. The Kier molecular flexibility index (Phi) is 10.3. The minimum Gasteiger partial charge on any atom is -0.383 e. The van der Waals surface area contributed by atoms with Crippen LogP contribution in [0.3, 0.4) is 0 Å². The number of amides is 1. The van der Waals surface area contributed by atoms with Gasteiger partial charge in [0, 0.05) is 25.9 Å². The molecule has 0 saturated carbocycles. The predicted octanol–water partition coefficient (Wildman–Crippen LogP) is 2.08. The molecule has 0 atom stereocenters. The van der Waals surface area contributed by atoms with Crippen molar-refractivity contribution in [3.63, 3.8) is 0 Å². The Morgan fingerprint density at radius 1 is 1.36 bits per heavy atom. The fraction of sp³-hybridized carbons (Fsp3) is 0.700. The van der Waals surface area contributed by atoms with E-state index < -0.39 is 0 Å². The number of hydrogen-bond acceptors (Lipinski definition) is 2. The highest BCUT2D eigenvalue weighted by Gasteiger charge is 2.04. The van der Waals surface area contributed by atoms with E-state index in [2.05, 4.69) is 6.92 Å². The van der Waals surface area contributed by atoms with Crippen LogP contribution < -0.4 is 5.73 Å². The van der Waals surface area contributed by atoms with Crippen molar-refractivity contribution in [1.29, 1.82) is 0 Å². The summed E-state index contributed by atoms with van der Waals surface area (Å²) < 4.78 is 0. The molecule has 0 aromatic rings. The molecule has 3 nitrogen and oxygen atoms in total. The van der Waals surface area contributed by atoms with E-state index in [-0.39, 0.29) is 22.9 Å². The van der Waals surface area contributed by atoms with Crippen LogP contribution in [0.2, 0.25) is 0 Å². The zero-order valence-corrected chi connectivity index (χ0v) is 11.0. The van der Waals surface area contributed by atoms with Gasteiger partial charge in [-0.25, -0.2) is 0 Å². The monoisotopic (exact) mass is 264 g/mol. The second kappa shape index (κ2) is 9.06. The lowest BCUT2D eigenvalue weighted by atomic mass is 10.1. The van der Waals surface area contributed by atoms with E-state index in [1.165, 1.54) is 0 Å². The lowest BCUT2D eigenvalue weighted by Crippen LogP contribution is -2.17. The van der Waals surface area contributed by atoms with Gasteiger partial charge in [0.05, 0.1) is 0 Å². The maximum absolute atomic E-state index is 11.0. The van der Waals surface area contributed by atoms with Crippen molar-refractivity contribution in [2.24, 2.45) is 5.73 Å². The maximum Gasteiger partial charge on any atom is 0.246 e. The number of primary amides is 1. The molecule has 0 aliphatic heterocycles. The van der Waals surface area contributed by atoms with Crippen molar-refractivity contribution in [1.82, 2.24) is 4.90 Å².